The van der Waals surface area contributed by atoms with Gasteiger partial charge in [0.2, 0.25) is 0 Å². The minimum Gasteiger partial charge on any atom is -0.497 e. The molecule has 3 fully saturated rings. The van der Waals surface area contributed by atoms with Crippen LogP contribution in [0.3, 0.4) is 0 Å². The van der Waals surface area contributed by atoms with E-state index in [0.717, 1.165) is 49.7 Å². The lowest BCUT2D eigenvalue weighted by molar-refractivity contribution is -0.0655. The maximum absolute atomic E-state index is 13.8. The predicted molar refractivity (Wildman–Crippen MR) is 143 cm³/mol. The molecule has 5 heteroatoms. The van der Waals surface area contributed by atoms with E-state index in [-0.39, 0.29) is 23.3 Å². The molecule has 2 aromatic rings. The van der Waals surface area contributed by atoms with Gasteiger partial charge in [-0.3, -0.25) is 4.79 Å². The summed E-state index contributed by atoms with van der Waals surface area (Å²) in [6, 6.07) is 18.1. The maximum atomic E-state index is 13.8. The number of fused-ring (bicyclic) bond motifs is 1. The number of ether oxygens (including phenoxy) is 1. The fourth-order valence-corrected chi connectivity index (χ4v) is 6.79. The number of carbonyl (C=O) groups is 1. The molecule has 1 amide bonds. The maximum Gasteiger partial charge on any atom is 0.254 e. The van der Waals surface area contributed by atoms with Crippen LogP contribution in [0.25, 0.3) is 0 Å². The van der Waals surface area contributed by atoms with Crippen molar-refractivity contribution in [2.45, 2.75) is 63.5 Å². The molecule has 0 radical (unpaired) electrons. The van der Waals surface area contributed by atoms with Crippen LogP contribution < -0.4 is 4.74 Å². The van der Waals surface area contributed by atoms with Gasteiger partial charge < -0.3 is 19.6 Å². The molecule has 2 aromatic carbocycles. The Balaban J connectivity index is 1.50. The Labute approximate surface area is 216 Å². The van der Waals surface area contributed by atoms with Crippen LogP contribution in [0.15, 0.2) is 54.6 Å². The second kappa shape index (κ2) is 10.5. The second-order valence-electron chi connectivity index (χ2n) is 11.8. The highest BCUT2D eigenvalue weighted by molar-refractivity contribution is 5.94. The van der Waals surface area contributed by atoms with Crippen molar-refractivity contribution >= 4 is 5.91 Å². The molecule has 4 atom stereocenters. The van der Waals surface area contributed by atoms with Gasteiger partial charge in [0, 0.05) is 42.6 Å². The van der Waals surface area contributed by atoms with E-state index in [1.54, 1.807) is 7.11 Å². The molecule has 2 saturated carbocycles. The van der Waals surface area contributed by atoms with Gasteiger partial charge in [0.15, 0.2) is 0 Å². The summed E-state index contributed by atoms with van der Waals surface area (Å²) in [6.07, 6.45) is 4.76. The quantitative estimate of drug-likeness (QED) is 0.567. The third-order valence-corrected chi connectivity index (χ3v) is 8.76. The zero-order valence-electron chi connectivity index (χ0n) is 22.1. The van der Waals surface area contributed by atoms with Gasteiger partial charge in [-0.25, -0.2) is 0 Å². The average Bonchev–Trinajstić information content (AvgIpc) is 3.71. The van der Waals surface area contributed by atoms with Crippen molar-refractivity contribution in [3.05, 3.63) is 65.7 Å². The Morgan fingerprint density at radius 3 is 2.64 bits per heavy atom. The van der Waals surface area contributed by atoms with E-state index < -0.39 is 6.10 Å². The molecule has 0 bridgehead atoms. The summed E-state index contributed by atoms with van der Waals surface area (Å²) in [6.45, 7) is 8.16. The number of aliphatic hydroxyl groups is 1. The highest BCUT2D eigenvalue weighted by Crippen LogP contribution is 2.51. The summed E-state index contributed by atoms with van der Waals surface area (Å²) >= 11 is 0. The number of rotatable bonds is 8. The van der Waals surface area contributed by atoms with Gasteiger partial charge in [-0.1, -0.05) is 44.2 Å². The van der Waals surface area contributed by atoms with Crippen LogP contribution in [-0.2, 0) is 5.41 Å². The van der Waals surface area contributed by atoms with Crippen LogP contribution in [0.5, 0.6) is 5.75 Å². The van der Waals surface area contributed by atoms with Crippen LogP contribution in [0, 0.1) is 17.8 Å². The van der Waals surface area contributed by atoms with Crippen molar-refractivity contribution in [1.29, 1.82) is 0 Å². The minimum atomic E-state index is -0.449. The molecule has 36 heavy (non-hydrogen) atoms. The van der Waals surface area contributed by atoms with Gasteiger partial charge in [-0.05, 0) is 80.3 Å². The van der Waals surface area contributed by atoms with Gasteiger partial charge in [-0.2, -0.15) is 0 Å². The first kappa shape index (κ1) is 25.3. The van der Waals surface area contributed by atoms with Crippen molar-refractivity contribution in [2.75, 3.05) is 33.3 Å². The molecule has 2 aliphatic carbocycles. The monoisotopic (exact) mass is 490 g/mol. The van der Waals surface area contributed by atoms with Crippen molar-refractivity contribution in [2.24, 2.45) is 17.8 Å². The first-order valence-electron chi connectivity index (χ1n) is 13.8. The smallest absolute Gasteiger partial charge is 0.254 e. The van der Waals surface area contributed by atoms with Crippen molar-refractivity contribution in [1.82, 2.24) is 9.80 Å². The number of methoxy groups -OCH3 is 1. The number of likely N-dealkylation sites (tertiary alicyclic amines) is 1. The van der Waals surface area contributed by atoms with E-state index >= 15 is 0 Å². The van der Waals surface area contributed by atoms with Crippen molar-refractivity contribution < 1.29 is 14.6 Å². The number of aliphatic hydroxyl groups excluding tert-OH is 1. The zero-order chi connectivity index (χ0) is 25.3. The van der Waals surface area contributed by atoms with Crippen LogP contribution >= 0.6 is 0 Å². The summed E-state index contributed by atoms with van der Waals surface area (Å²) in [5.41, 5.74) is 1.80. The van der Waals surface area contributed by atoms with E-state index in [1.807, 2.05) is 36.4 Å². The Morgan fingerprint density at radius 1 is 1.17 bits per heavy atom. The van der Waals surface area contributed by atoms with Crippen LogP contribution in [-0.4, -0.2) is 66.2 Å². The average molecular weight is 491 g/mol. The molecule has 0 spiro atoms. The molecule has 0 aromatic heterocycles. The molecule has 3 unspecified atom stereocenters. The highest BCUT2D eigenvalue weighted by atomic mass is 16.5. The molecule has 1 N–H and O–H groups in total. The van der Waals surface area contributed by atoms with Gasteiger partial charge in [0.05, 0.1) is 13.2 Å². The molecule has 5 rings (SSSR count). The number of piperidine rings is 1. The summed E-state index contributed by atoms with van der Waals surface area (Å²) < 4.78 is 5.62. The van der Waals surface area contributed by atoms with Gasteiger partial charge in [-0.15, -0.1) is 0 Å². The third kappa shape index (κ3) is 5.19. The summed E-state index contributed by atoms with van der Waals surface area (Å²) in [5.74, 6) is 2.28. The summed E-state index contributed by atoms with van der Waals surface area (Å²) in [5, 5.41) is 11.7. The fourth-order valence-electron chi connectivity index (χ4n) is 6.79. The van der Waals surface area contributed by atoms with Crippen LogP contribution in [0.1, 0.15) is 61.9 Å². The second-order valence-corrected chi connectivity index (χ2v) is 11.8. The molecule has 3 aliphatic rings. The van der Waals surface area contributed by atoms with E-state index in [2.05, 4.69) is 41.8 Å². The Morgan fingerprint density at radius 2 is 1.94 bits per heavy atom. The van der Waals surface area contributed by atoms with Crippen LogP contribution in [0.2, 0.25) is 0 Å². The first-order chi connectivity index (χ1) is 17.4. The predicted octanol–water partition coefficient (Wildman–Crippen LogP) is 4.99. The number of nitrogens with zero attached hydrogens (tertiary/aromatic N) is 2. The van der Waals surface area contributed by atoms with Gasteiger partial charge in [0.1, 0.15) is 5.75 Å². The standard InChI is InChI=1S/C31H42N2O3/c1-22(2)19-33(30(35)24-8-5-4-6-9-24)26-17-29(34)28-21-32(20-23-12-13-23)15-14-31(28,18-26)25-10-7-11-27(16-25)36-3/h4-11,16,22-23,26,28-29,34H,12-15,17-21H2,1-3H3/t26-,28?,29?,31?/m0/s1. The third-order valence-electron chi connectivity index (χ3n) is 8.76. The van der Waals surface area contributed by atoms with Gasteiger partial charge >= 0.3 is 0 Å². The molecular weight excluding hydrogens is 448 g/mol. The number of carbonyl (C=O) groups excluding carboxylic acids is 1. The molecule has 5 nitrogen and oxygen atoms in total. The van der Waals surface area contributed by atoms with E-state index in [9.17, 15) is 9.90 Å². The number of hydrogen-bond donors (Lipinski definition) is 1. The minimum absolute atomic E-state index is 0.00691. The zero-order valence-corrected chi connectivity index (χ0v) is 22.1. The Hall–Kier alpha value is -2.37. The summed E-state index contributed by atoms with van der Waals surface area (Å²) in [7, 11) is 1.72. The Bertz CT molecular complexity index is 1040. The molecule has 1 heterocycles. The largest absolute Gasteiger partial charge is 0.497 e. The fraction of sp³-hybridized carbons (Fsp3) is 0.581. The Kier molecular flexibility index (Phi) is 7.41. The number of benzene rings is 2. The lowest BCUT2D eigenvalue weighted by Crippen LogP contribution is -2.61. The lowest BCUT2D eigenvalue weighted by atomic mass is 9.56. The normalized spacial score (nSPS) is 28.5. The first-order valence-corrected chi connectivity index (χ1v) is 13.8. The van der Waals surface area contributed by atoms with Gasteiger partial charge in [0.25, 0.3) is 5.91 Å². The molecular formula is C31H42N2O3. The molecule has 194 valence electrons. The molecule has 1 saturated heterocycles. The van der Waals surface area contributed by atoms with Crippen LogP contribution in [0.4, 0.5) is 0 Å². The van der Waals surface area contributed by atoms with Crippen molar-refractivity contribution in [3.8, 4) is 5.75 Å². The summed E-state index contributed by atoms with van der Waals surface area (Å²) in [4.78, 5) is 18.4. The van der Waals surface area contributed by atoms with E-state index in [1.165, 1.54) is 18.4 Å². The SMILES string of the molecule is COc1cccc(C23CCN(CC4CC4)CC2C(O)C[C@H](N(CC(C)C)C(=O)c2ccccc2)C3)c1. The topological polar surface area (TPSA) is 53.0 Å². The molecule has 1 aliphatic heterocycles. The lowest BCUT2D eigenvalue weighted by Gasteiger charge is -2.56. The van der Waals surface area contributed by atoms with E-state index in [4.69, 9.17) is 4.74 Å². The number of hydrogen-bond acceptors (Lipinski definition) is 4. The highest BCUT2D eigenvalue weighted by Gasteiger charge is 2.53. The van der Waals surface area contributed by atoms with Crippen molar-refractivity contribution in [3.63, 3.8) is 0 Å². The van der Waals surface area contributed by atoms with E-state index in [0.29, 0.717) is 18.9 Å². The number of amides is 1.